The molecule has 0 saturated heterocycles. The Bertz CT molecular complexity index is 514. The minimum atomic E-state index is 0. The third-order valence-electron chi connectivity index (χ3n) is 5.02. The third kappa shape index (κ3) is 7.96. The molecule has 2 rings (SSSR count). The van der Waals surface area contributed by atoms with Gasteiger partial charge in [-0.1, -0.05) is 13.8 Å². The van der Waals surface area contributed by atoms with Crippen LogP contribution in [-0.2, 0) is 6.54 Å². The fourth-order valence-corrected chi connectivity index (χ4v) is 3.28. The van der Waals surface area contributed by atoms with Crippen LogP contribution in [0.2, 0.25) is 0 Å². The summed E-state index contributed by atoms with van der Waals surface area (Å²) in [6.07, 6.45) is 11.3. The zero-order chi connectivity index (χ0) is 17.4. The number of unbranched alkanes of at least 4 members (excludes halogenated alkanes) is 1. The highest BCUT2D eigenvalue weighted by Gasteiger charge is 2.27. The van der Waals surface area contributed by atoms with Gasteiger partial charge >= 0.3 is 0 Å². The quantitative estimate of drug-likeness (QED) is 0.278. The molecule has 2 N–H and O–H groups in total. The molecule has 0 spiro atoms. The number of halogens is 1. The van der Waals surface area contributed by atoms with Crippen LogP contribution < -0.4 is 10.6 Å². The van der Waals surface area contributed by atoms with Gasteiger partial charge in [-0.05, 0) is 57.8 Å². The molecule has 6 heteroatoms. The number of hydrogen-bond acceptors (Lipinski definition) is 2. The number of imidazole rings is 1. The maximum absolute atomic E-state index is 4.75. The topological polar surface area (TPSA) is 54.2 Å². The molecule has 1 saturated carbocycles. The lowest BCUT2D eigenvalue weighted by atomic mass is 9.75. The van der Waals surface area contributed by atoms with E-state index in [4.69, 9.17) is 4.99 Å². The van der Waals surface area contributed by atoms with E-state index < -0.39 is 0 Å². The highest BCUT2D eigenvalue weighted by Crippen LogP contribution is 2.34. The summed E-state index contributed by atoms with van der Waals surface area (Å²) in [7, 11) is 0. The number of nitrogens with one attached hydrogen (secondary N) is 2. The molecule has 1 heterocycles. The zero-order valence-electron chi connectivity index (χ0n) is 16.3. The summed E-state index contributed by atoms with van der Waals surface area (Å²) in [5, 5.41) is 7.02. The van der Waals surface area contributed by atoms with Gasteiger partial charge in [-0.15, -0.1) is 24.0 Å². The van der Waals surface area contributed by atoms with E-state index in [-0.39, 0.29) is 24.0 Å². The average molecular weight is 461 g/mol. The number of nitrogens with zero attached hydrogens (tertiary/aromatic N) is 3. The Hall–Kier alpha value is -0.790. The van der Waals surface area contributed by atoms with Crippen molar-refractivity contribution in [1.29, 1.82) is 0 Å². The second-order valence-corrected chi connectivity index (χ2v) is 7.72. The van der Waals surface area contributed by atoms with E-state index >= 15 is 0 Å². The Morgan fingerprint density at radius 2 is 2.04 bits per heavy atom. The van der Waals surface area contributed by atoms with Crippen molar-refractivity contribution in [2.24, 2.45) is 10.4 Å². The lowest BCUT2D eigenvalue weighted by Crippen LogP contribution is -2.45. The first-order chi connectivity index (χ1) is 11.5. The van der Waals surface area contributed by atoms with Crippen molar-refractivity contribution in [3.05, 3.63) is 18.2 Å². The van der Waals surface area contributed by atoms with Crippen LogP contribution in [0.5, 0.6) is 0 Å². The summed E-state index contributed by atoms with van der Waals surface area (Å²) < 4.78 is 2.21. The Morgan fingerprint density at radius 3 is 2.64 bits per heavy atom. The molecule has 1 aliphatic rings. The Morgan fingerprint density at radius 1 is 1.32 bits per heavy atom. The van der Waals surface area contributed by atoms with Crippen LogP contribution in [0.15, 0.2) is 17.4 Å². The first-order valence-corrected chi connectivity index (χ1v) is 9.53. The summed E-state index contributed by atoms with van der Waals surface area (Å²) in [4.78, 5) is 9.01. The smallest absolute Gasteiger partial charge is 0.191 e. The Balaban J connectivity index is 0.00000312. The lowest BCUT2D eigenvalue weighted by molar-refractivity contribution is 0.216. The molecule has 0 unspecified atom stereocenters. The minimum absolute atomic E-state index is 0. The van der Waals surface area contributed by atoms with Crippen LogP contribution in [0.25, 0.3) is 0 Å². The molecule has 5 nitrogen and oxygen atoms in total. The van der Waals surface area contributed by atoms with E-state index in [0.29, 0.717) is 11.5 Å². The molecule has 0 aromatic carbocycles. The van der Waals surface area contributed by atoms with Gasteiger partial charge in [0.2, 0.25) is 0 Å². The summed E-state index contributed by atoms with van der Waals surface area (Å²) in [6.45, 7) is 11.8. The number of aliphatic imine (C=N–C) groups is 1. The monoisotopic (exact) mass is 461 g/mol. The van der Waals surface area contributed by atoms with Crippen LogP contribution in [0.3, 0.4) is 0 Å². The predicted molar refractivity (Wildman–Crippen MR) is 117 cm³/mol. The van der Waals surface area contributed by atoms with Gasteiger partial charge in [-0.25, -0.2) is 4.98 Å². The third-order valence-corrected chi connectivity index (χ3v) is 5.02. The zero-order valence-corrected chi connectivity index (χ0v) is 18.7. The van der Waals surface area contributed by atoms with Crippen LogP contribution in [0.1, 0.15) is 65.1 Å². The number of aromatic nitrogens is 2. The number of hydrogen-bond donors (Lipinski definition) is 2. The highest BCUT2D eigenvalue weighted by atomic mass is 127. The van der Waals surface area contributed by atoms with Crippen LogP contribution in [0.4, 0.5) is 0 Å². The van der Waals surface area contributed by atoms with Crippen LogP contribution >= 0.6 is 24.0 Å². The molecule has 25 heavy (non-hydrogen) atoms. The van der Waals surface area contributed by atoms with E-state index in [1.807, 2.05) is 6.20 Å². The summed E-state index contributed by atoms with van der Waals surface area (Å²) in [5.74, 6) is 2.08. The number of rotatable bonds is 7. The van der Waals surface area contributed by atoms with Gasteiger partial charge in [-0.3, -0.25) is 4.99 Å². The highest BCUT2D eigenvalue weighted by molar-refractivity contribution is 14.0. The maximum atomic E-state index is 4.75. The Labute approximate surface area is 170 Å². The van der Waals surface area contributed by atoms with Crippen molar-refractivity contribution in [3.8, 4) is 0 Å². The van der Waals surface area contributed by atoms with Crippen molar-refractivity contribution in [3.63, 3.8) is 0 Å². The molecule has 0 aliphatic heterocycles. The van der Waals surface area contributed by atoms with Crippen molar-refractivity contribution < 1.29 is 0 Å². The molecule has 0 bridgehead atoms. The molecule has 0 atom stereocenters. The van der Waals surface area contributed by atoms with Crippen molar-refractivity contribution in [2.45, 2.75) is 78.8 Å². The van der Waals surface area contributed by atoms with Gasteiger partial charge in [-0.2, -0.15) is 0 Å². The first-order valence-electron chi connectivity index (χ1n) is 9.53. The van der Waals surface area contributed by atoms with E-state index in [1.54, 1.807) is 0 Å². The molecule has 144 valence electrons. The SMILES string of the molecule is CCNC(=NCCCCn1ccnc1C)NC1CCC(C)(C)CC1.I. The lowest BCUT2D eigenvalue weighted by Gasteiger charge is -2.35. The molecular weight excluding hydrogens is 425 g/mol. The first kappa shape index (κ1) is 22.3. The van der Waals surface area contributed by atoms with E-state index in [1.165, 1.54) is 25.7 Å². The van der Waals surface area contributed by atoms with Gasteiger partial charge in [0, 0.05) is 38.1 Å². The van der Waals surface area contributed by atoms with E-state index in [9.17, 15) is 0 Å². The average Bonchev–Trinajstić information content (AvgIpc) is 2.94. The van der Waals surface area contributed by atoms with Gasteiger partial charge in [0.05, 0.1) is 0 Å². The molecule has 1 aromatic heterocycles. The van der Waals surface area contributed by atoms with Crippen LogP contribution in [-0.4, -0.2) is 34.6 Å². The second kappa shape index (κ2) is 11.0. The van der Waals surface area contributed by atoms with E-state index in [0.717, 1.165) is 44.3 Å². The molecule has 1 aromatic rings. The maximum Gasteiger partial charge on any atom is 0.191 e. The van der Waals surface area contributed by atoms with Crippen molar-refractivity contribution >= 4 is 29.9 Å². The standard InChI is InChI=1S/C19H35N5.HI/c1-5-20-18(23-17-8-10-19(3,4)11-9-17)22-12-6-7-14-24-15-13-21-16(24)2;/h13,15,17H,5-12,14H2,1-4H3,(H2,20,22,23);1H. The Kier molecular flexibility index (Phi) is 9.82. The van der Waals surface area contributed by atoms with Gasteiger partial charge in [0.1, 0.15) is 5.82 Å². The predicted octanol–water partition coefficient (Wildman–Crippen LogP) is 4.11. The van der Waals surface area contributed by atoms with Crippen molar-refractivity contribution in [1.82, 2.24) is 20.2 Å². The van der Waals surface area contributed by atoms with Crippen LogP contribution in [0, 0.1) is 12.3 Å². The molecule has 1 fully saturated rings. The molecule has 1 aliphatic carbocycles. The molecular formula is C19H36IN5. The number of aryl methyl sites for hydroxylation is 2. The van der Waals surface area contributed by atoms with Gasteiger partial charge in [0.15, 0.2) is 5.96 Å². The van der Waals surface area contributed by atoms with Gasteiger partial charge in [0.25, 0.3) is 0 Å². The van der Waals surface area contributed by atoms with Gasteiger partial charge < -0.3 is 15.2 Å². The molecule has 0 radical (unpaired) electrons. The summed E-state index contributed by atoms with van der Waals surface area (Å²) in [5.41, 5.74) is 0.513. The van der Waals surface area contributed by atoms with E-state index in [2.05, 4.69) is 54.1 Å². The minimum Gasteiger partial charge on any atom is -0.357 e. The fraction of sp³-hybridized carbons (Fsp3) is 0.789. The summed E-state index contributed by atoms with van der Waals surface area (Å²) >= 11 is 0. The largest absolute Gasteiger partial charge is 0.357 e. The van der Waals surface area contributed by atoms with Crippen molar-refractivity contribution in [2.75, 3.05) is 13.1 Å². The molecule has 0 amide bonds. The summed E-state index contributed by atoms with van der Waals surface area (Å²) in [6, 6.07) is 0.574. The number of guanidine groups is 1. The normalized spacial score (nSPS) is 17.8. The fourth-order valence-electron chi connectivity index (χ4n) is 3.28. The second-order valence-electron chi connectivity index (χ2n) is 7.72.